The van der Waals surface area contributed by atoms with Gasteiger partial charge in [-0.15, -0.1) is 5.10 Å². The highest BCUT2D eigenvalue weighted by Gasteiger charge is 2.11. The Morgan fingerprint density at radius 2 is 2.09 bits per heavy atom. The number of benzene rings is 1. The molecule has 22 heavy (non-hydrogen) atoms. The number of hydrogen-bond acceptors (Lipinski definition) is 3. The number of aliphatic hydroxyl groups excluding tert-OH is 1. The minimum Gasteiger partial charge on any atom is -0.396 e. The first kappa shape index (κ1) is 16.0. The van der Waals surface area contributed by atoms with Crippen LogP contribution in [0.1, 0.15) is 25.3 Å². The molecular weight excluding hydrogens is 280 g/mol. The molecule has 6 heteroatoms. The number of anilines is 1. The Balaban J connectivity index is 1.98. The van der Waals surface area contributed by atoms with Crippen LogP contribution in [-0.4, -0.2) is 33.6 Å². The lowest BCUT2D eigenvalue weighted by atomic mass is 10.2. The summed E-state index contributed by atoms with van der Waals surface area (Å²) in [5.41, 5.74) is 1.83. The predicted octanol–water partition coefficient (Wildman–Crippen LogP) is 2.46. The van der Waals surface area contributed by atoms with Gasteiger partial charge in [0.15, 0.2) is 5.82 Å². The van der Waals surface area contributed by atoms with E-state index in [0.29, 0.717) is 12.2 Å². The lowest BCUT2D eigenvalue weighted by Crippen LogP contribution is -2.36. The molecular formula is C16H22N4O2. The fraction of sp³-hybridized carbons (Fsp3) is 0.375. The molecule has 118 valence electrons. The van der Waals surface area contributed by atoms with Crippen LogP contribution in [0, 0.1) is 6.92 Å². The van der Waals surface area contributed by atoms with Gasteiger partial charge in [0.1, 0.15) is 0 Å². The molecule has 6 nitrogen and oxygen atoms in total. The number of nitrogens with one attached hydrogen (secondary N) is 2. The Kier molecular flexibility index (Phi) is 5.55. The molecule has 2 aromatic rings. The van der Waals surface area contributed by atoms with Crippen molar-refractivity contribution in [2.24, 2.45) is 0 Å². The van der Waals surface area contributed by atoms with Gasteiger partial charge in [0, 0.05) is 24.4 Å². The number of aryl methyl sites for hydroxylation is 1. The summed E-state index contributed by atoms with van der Waals surface area (Å²) >= 11 is 0. The summed E-state index contributed by atoms with van der Waals surface area (Å²) in [7, 11) is 0. The standard InChI is InChI=1S/C16H22N4O2/c1-12-11-20(14-8-4-3-5-9-14)19-15(12)18-16(22)17-13(2)7-6-10-21/h3-5,8-9,11,13,21H,6-7,10H2,1-2H3,(H2,17,18,19,22). The number of hydrogen-bond donors (Lipinski definition) is 3. The van der Waals surface area contributed by atoms with Crippen LogP contribution in [0.5, 0.6) is 0 Å². The number of aliphatic hydroxyl groups is 1. The number of rotatable bonds is 6. The molecule has 1 atom stereocenters. The number of para-hydroxylation sites is 1. The van der Waals surface area contributed by atoms with Gasteiger partial charge in [0.05, 0.1) is 5.69 Å². The van der Waals surface area contributed by atoms with Crippen LogP contribution in [0.25, 0.3) is 5.69 Å². The summed E-state index contributed by atoms with van der Waals surface area (Å²) in [4.78, 5) is 12.0. The largest absolute Gasteiger partial charge is 0.396 e. The van der Waals surface area contributed by atoms with E-state index in [1.165, 1.54) is 0 Å². The van der Waals surface area contributed by atoms with E-state index in [4.69, 9.17) is 5.11 Å². The number of nitrogens with zero attached hydrogens (tertiary/aromatic N) is 2. The summed E-state index contributed by atoms with van der Waals surface area (Å²) in [6.45, 7) is 3.94. The fourth-order valence-corrected chi connectivity index (χ4v) is 2.13. The molecule has 0 aliphatic heterocycles. The molecule has 0 saturated carbocycles. The van der Waals surface area contributed by atoms with Crippen molar-refractivity contribution >= 4 is 11.8 Å². The Hall–Kier alpha value is -2.34. The van der Waals surface area contributed by atoms with Crippen molar-refractivity contribution in [3.63, 3.8) is 0 Å². The van der Waals surface area contributed by atoms with E-state index in [-0.39, 0.29) is 18.7 Å². The summed E-state index contributed by atoms with van der Waals surface area (Å²) in [6.07, 6.45) is 3.28. The van der Waals surface area contributed by atoms with Crippen molar-refractivity contribution in [1.82, 2.24) is 15.1 Å². The van der Waals surface area contributed by atoms with Crippen LogP contribution in [0.4, 0.5) is 10.6 Å². The first-order valence-electron chi connectivity index (χ1n) is 7.40. The van der Waals surface area contributed by atoms with Gasteiger partial charge in [-0.2, -0.15) is 0 Å². The van der Waals surface area contributed by atoms with Crippen molar-refractivity contribution < 1.29 is 9.90 Å². The lowest BCUT2D eigenvalue weighted by molar-refractivity contribution is 0.245. The highest BCUT2D eigenvalue weighted by Crippen LogP contribution is 2.15. The normalized spacial score (nSPS) is 12.0. The van der Waals surface area contributed by atoms with Crippen molar-refractivity contribution in [2.75, 3.05) is 11.9 Å². The Morgan fingerprint density at radius 3 is 2.77 bits per heavy atom. The minimum absolute atomic E-state index is 0.00339. The summed E-state index contributed by atoms with van der Waals surface area (Å²) in [5.74, 6) is 0.538. The Labute approximate surface area is 130 Å². The van der Waals surface area contributed by atoms with Gasteiger partial charge in [-0.3, -0.25) is 5.32 Å². The molecule has 2 rings (SSSR count). The lowest BCUT2D eigenvalue weighted by Gasteiger charge is -2.13. The zero-order chi connectivity index (χ0) is 15.9. The molecule has 0 fully saturated rings. The minimum atomic E-state index is -0.285. The Bertz CT molecular complexity index is 610. The van der Waals surface area contributed by atoms with Gasteiger partial charge < -0.3 is 10.4 Å². The molecule has 0 saturated heterocycles. The average Bonchev–Trinajstić information content (AvgIpc) is 2.87. The third-order valence-electron chi connectivity index (χ3n) is 3.32. The van der Waals surface area contributed by atoms with Crippen LogP contribution in [0.2, 0.25) is 0 Å². The van der Waals surface area contributed by atoms with E-state index < -0.39 is 0 Å². The van der Waals surface area contributed by atoms with Crippen LogP contribution < -0.4 is 10.6 Å². The van der Waals surface area contributed by atoms with E-state index in [1.807, 2.05) is 50.4 Å². The molecule has 1 unspecified atom stereocenters. The number of amides is 2. The van der Waals surface area contributed by atoms with Gasteiger partial charge in [-0.05, 0) is 38.8 Å². The van der Waals surface area contributed by atoms with E-state index in [1.54, 1.807) is 4.68 Å². The second-order valence-electron chi connectivity index (χ2n) is 5.31. The SMILES string of the molecule is Cc1cn(-c2ccccc2)nc1NC(=O)NC(C)CCCO. The maximum atomic E-state index is 12.0. The zero-order valence-electron chi connectivity index (χ0n) is 12.9. The third kappa shape index (κ3) is 4.33. The van der Waals surface area contributed by atoms with E-state index in [2.05, 4.69) is 15.7 Å². The van der Waals surface area contributed by atoms with Gasteiger partial charge in [-0.1, -0.05) is 18.2 Å². The third-order valence-corrected chi connectivity index (χ3v) is 3.32. The van der Waals surface area contributed by atoms with Crippen molar-refractivity contribution in [3.8, 4) is 5.69 Å². The molecule has 2 amide bonds. The molecule has 0 spiro atoms. The van der Waals surface area contributed by atoms with Crippen LogP contribution >= 0.6 is 0 Å². The monoisotopic (exact) mass is 302 g/mol. The molecule has 1 aromatic heterocycles. The number of aromatic nitrogens is 2. The molecule has 3 N–H and O–H groups in total. The fourth-order valence-electron chi connectivity index (χ4n) is 2.13. The average molecular weight is 302 g/mol. The first-order chi connectivity index (χ1) is 10.6. The molecule has 0 radical (unpaired) electrons. The van der Waals surface area contributed by atoms with E-state index in [0.717, 1.165) is 17.7 Å². The molecule has 1 heterocycles. The van der Waals surface area contributed by atoms with E-state index >= 15 is 0 Å². The number of carbonyl (C=O) groups is 1. The second kappa shape index (κ2) is 7.61. The van der Waals surface area contributed by atoms with Crippen molar-refractivity contribution in [1.29, 1.82) is 0 Å². The van der Waals surface area contributed by atoms with Gasteiger partial charge in [0.25, 0.3) is 0 Å². The maximum absolute atomic E-state index is 12.0. The topological polar surface area (TPSA) is 79.2 Å². The summed E-state index contributed by atoms with van der Waals surface area (Å²) in [5, 5.41) is 18.8. The molecule has 0 bridgehead atoms. The van der Waals surface area contributed by atoms with Gasteiger partial charge in [0.2, 0.25) is 0 Å². The van der Waals surface area contributed by atoms with Gasteiger partial charge >= 0.3 is 6.03 Å². The van der Waals surface area contributed by atoms with Crippen LogP contribution in [-0.2, 0) is 0 Å². The number of urea groups is 1. The highest BCUT2D eigenvalue weighted by atomic mass is 16.3. The molecule has 1 aromatic carbocycles. The second-order valence-corrected chi connectivity index (χ2v) is 5.31. The summed E-state index contributed by atoms with van der Waals surface area (Å²) < 4.78 is 1.74. The van der Waals surface area contributed by atoms with Gasteiger partial charge in [-0.25, -0.2) is 9.48 Å². The van der Waals surface area contributed by atoms with Crippen molar-refractivity contribution in [2.45, 2.75) is 32.7 Å². The Morgan fingerprint density at radius 1 is 1.36 bits per heavy atom. The first-order valence-corrected chi connectivity index (χ1v) is 7.40. The molecule has 0 aliphatic rings. The highest BCUT2D eigenvalue weighted by molar-refractivity contribution is 5.89. The summed E-state index contributed by atoms with van der Waals surface area (Å²) in [6, 6.07) is 9.44. The zero-order valence-corrected chi connectivity index (χ0v) is 12.9. The number of carbonyl (C=O) groups excluding carboxylic acids is 1. The van der Waals surface area contributed by atoms with Crippen LogP contribution in [0.3, 0.4) is 0 Å². The smallest absolute Gasteiger partial charge is 0.320 e. The van der Waals surface area contributed by atoms with Crippen LogP contribution in [0.15, 0.2) is 36.5 Å². The maximum Gasteiger partial charge on any atom is 0.320 e. The predicted molar refractivity (Wildman–Crippen MR) is 86.2 cm³/mol. The quantitative estimate of drug-likeness (QED) is 0.767. The molecule has 0 aliphatic carbocycles. The van der Waals surface area contributed by atoms with E-state index in [9.17, 15) is 4.79 Å². The van der Waals surface area contributed by atoms with Crippen molar-refractivity contribution in [3.05, 3.63) is 42.1 Å².